The lowest BCUT2D eigenvalue weighted by Crippen LogP contribution is -2.33. The van der Waals surface area contributed by atoms with E-state index in [2.05, 4.69) is 33.9 Å². The van der Waals surface area contributed by atoms with Gasteiger partial charge >= 0.3 is 0 Å². The van der Waals surface area contributed by atoms with Gasteiger partial charge in [-0.05, 0) is 67.7 Å². The minimum absolute atomic E-state index is 0.0233. The molecule has 1 fully saturated rings. The molecule has 0 amide bonds. The molecule has 1 aliphatic heterocycles. The van der Waals surface area contributed by atoms with Crippen LogP contribution in [-0.2, 0) is 0 Å². The molecule has 0 saturated carbocycles. The minimum Gasteiger partial charge on any atom is -0.497 e. The van der Waals surface area contributed by atoms with Crippen molar-refractivity contribution in [3.63, 3.8) is 0 Å². The van der Waals surface area contributed by atoms with Crippen LogP contribution in [0.4, 0.5) is 0 Å². The van der Waals surface area contributed by atoms with Crippen molar-refractivity contribution in [1.82, 2.24) is 19.8 Å². The predicted octanol–water partition coefficient (Wildman–Crippen LogP) is 3.15. The number of methoxy groups -OCH3 is 1. The van der Waals surface area contributed by atoms with E-state index in [0.717, 1.165) is 28.5 Å². The molecule has 0 spiro atoms. The van der Waals surface area contributed by atoms with Crippen molar-refractivity contribution in [3.05, 3.63) is 77.9 Å². The second-order valence-corrected chi connectivity index (χ2v) is 7.36. The summed E-state index contributed by atoms with van der Waals surface area (Å²) in [5, 5.41) is 13.7. The van der Waals surface area contributed by atoms with Crippen molar-refractivity contribution < 1.29 is 9.84 Å². The summed E-state index contributed by atoms with van der Waals surface area (Å²) in [6.45, 7) is 2.56. The number of pyridine rings is 1. The summed E-state index contributed by atoms with van der Waals surface area (Å²) in [4.78, 5) is 6.61. The maximum atomic E-state index is 9.65. The molecule has 4 rings (SSSR count). The second-order valence-electron chi connectivity index (χ2n) is 6.98. The number of nitrogens with one attached hydrogen (secondary N) is 1. The van der Waals surface area contributed by atoms with Crippen LogP contribution in [0.1, 0.15) is 29.2 Å². The fourth-order valence-electron chi connectivity index (χ4n) is 3.95. The Hall–Kier alpha value is -2.90. The summed E-state index contributed by atoms with van der Waals surface area (Å²) in [5.74, 6) is 0.817. The Bertz CT molecular complexity index is 988. The Morgan fingerprint density at radius 2 is 1.93 bits per heavy atom. The summed E-state index contributed by atoms with van der Waals surface area (Å²) >= 11 is 5.61. The van der Waals surface area contributed by atoms with E-state index >= 15 is 0 Å². The van der Waals surface area contributed by atoms with Gasteiger partial charge in [-0.2, -0.15) is 0 Å². The van der Waals surface area contributed by atoms with E-state index in [4.69, 9.17) is 17.0 Å². The number of aliphatic hydroxyl groups is 1. The van der Waals surface area contributed by atoms with Crippen molar-refractivity contribution in [1.29, 1.82) is 0 Å². The Labute approximate surface area is 175 Å². The molecule has 2 atom stereocenters. The number of hydrogen-bond acceptors (Lipinski definition) is 4. The molecule has 0 radical (unpaired) electrons. The monoisotopic (exact) mass is 408 g/mol. The second kappa shape index (κ2) is 8.23. The van der Waals surface area contributed by atoms with Gasteiger partial charge in [0.2, 0.25) is 0 Å². The van der Waals surface area contributed by atoms with E-state index in [0.29, 0.717) is 11.7 Å². The SMILES string of the molecule is COc1ccc(-n2c(C)ccc2[C@@H]2[C@@H](c3ccccn3)NC(=S)N2CCO)cc1. The van der Waals surface area contributed by atoms with Gasteiger partial charge in [-0.25, -0.2) is 0 Å². The average Bonchev–Trinajstić information content (AvgIpc) is 3.29. The number of aromatic nitrogens is 2. The topological polar surface area (TPSA) is 62.5 Å². The van der Waals surface area contributed by atoms with Crippen LogP contribution in [0.2, 0.25) is 0 Å². The lowest BCUT2D eigenvalue weighted by atomic mass is 10.0. The largest absolute Gasteiger partial charge is 0.497 e. The number of aryl methyl sites for hydroxylation is 1. The Balaban J connectivity index is 1.82. The molecule has 1 aliphatic rings. The molecule has 0 aliphatic carbocycles. The Morgan fingerprint density at radius 3 is 2.59 bits per heavy atom. The number of rotatable bonds is 6. The van der Waals surface area contributed by atoms with Crippen molar-refractivity contribution in [2.24, 2.45) is 0 Å². The first-order chi connectivity index (χ1) is 14.1. The lowest BCUT2D eigenvalue weighted by molar-refractivity contribution is 0.220. The van der Waals surface area contributed by atoms with Gasteiger partial charge in [0.1, 0.15) is 5.75 Å². The zero-order chi connectivity index (χ0) is 20.4. The summed E-state index contributed by atoms with van der Waals surface area (Å²) in [7, 11) is 1.66. The van der Waals surface area contributed by atoms with E-state index in [1.165, 1.54) is 0 Å². The summed E-state index contributed by atoms with van der Waals surface area (Å²) < 4.78 is 7.53. The van der Waals surface area contributed by atoms with Gasteiger partial charge in [-0.1, -0.05) is 6.07 Å². The first kappa shape index (κ1) is 19.4. The van der Waals surface area contributed by atoms with Crippen LogP contribution in [0.25, 0.3) is 5.69 Å². The first-order valence-electron chi connectivity index (χ1n) is 9.55. The van der Waals surface area contributed by atoms with Crippen LogP contribution in [-0.4, -0.2) is 44.9 Å². The van der Waals surface area contributed by atoms with E-state index in [1.807, 2.05) is 47.4 Å². The number of thiocarbonyl (C=S) groups is 1. The highest BCUT2D eigenvalue weighted by Crippen LogP contribution is 2.40. The third-order valence-electron chi connectivity index (χ3n) is 5.28. The molecule has 2 N–H and O–H groups in total. The van der Waals surface area contributed by atoms with Crippen LogP contribution in [0.5, 0.6) is 5.75 Å². The Morgan fingerprint density at radius 1 is 1.14 bits per heavy atom. The predicted molar refractivity (Wildman–Crippen MR) is 116 cm³/mol. The number of ether oxygens (including phenoxy) is 1. The highest BCUT2D eigenvalue weighted by molar-refractivity contribution is 7.80. The Kier molecular flexibility index (Phi) is 5.51. The first-order valence-corrected chi connectivity index (χ1v) is 9.96. The van der Waals surface area contributed by atoms with Gasteiger partial charge in [0.15, 0.2) is 5.11 Å². The van der Waals surface area contributed by atoms with Crippen molar-refractivity contribution in [2.75, 3.05) is 20.3 Å². The third-order valence-corrected chi connectivity index (χ3v) is 5.63. The molecular weight excluding hydrogens is 384 g/mol. The molecule has 1 saturated heterocycles. The number of nitrogens with zero attached hydrogens (tertiary/aromatic N) is 3. The van der Waals surface area contributed by atoms with Gasteiger partial charge in [-0.15, -0.1) is 0 Å². The third kappa shape index (κ3) is 3.59. The molecule has 2 aromatic heterocycles. The molecule has 6 nitrogen and oxygen atoms in total. The summed E-state index contributed by atoms with van der Waals surface area (Å²) in [6.07, 6.45) is 1.79. The van der Waals surface area contributed by atoms with Gasteiger partial charge in [0, 0.05) is 29.8 Å². The van der Waals surface area contributed by atoms with Crippen LogP contribution < -0.4 is 10.1 Å². The van der Waals surface area contributed by atoms with E-state index in [-0.39, 0.29) is 18.7 Å². The highest BCUT2D eigenvalue weighted by Gasteiger charge is 2.41. The summed E-state index contributed by atoms with van der Waals surface area (Å²) in [6, 6.07) is 17.9. The number of hydrogen-bond donors (Lipinski definition) is 2. The van der Waals surface area contributed by atoms with Crippen molar-refractivity contribution in [3.8, 4) is 11.4 Å². The maximum Gasteiger partial charge on any atom is 0.170 e. The van der Waals surface area contributed by atoms with E-state index < -0.39 is 0 Å². The standard InChI is InChI=1S/C22H24N4O2S/c1-15-6-11-19(26(15)16-7-9-17(28-2)10-8-16)21-20(18-5-3-4-12-23-18)24-22(29)25(21)13-14-27/h3-12,20-21,27H,13-14H2,1-2H3,(H,24,29)/t20-,21-/m1/s1. The van der Waals surface area contributed by atoms with Crippen molar-refractivity contribution >= 4 is 17.3 Å². The van der Waals surface area contributed by atoms with Crippen LogP contribution in [0.3, 0.4) is 0 Å². The van der Waals surface area contributed by atoms with E-state index in [9.17, 15) is 5.11 Å². The smallest absolute Gasteiger partial charge is 0.170 e. The van der Waals surface area contributed by atoms with Crippen molar-refractivity contribution in [2.45, 2.75) is 19.0 Å². The molecule has 0 unspecified atom stereocenters. The molecule has 3 heterocycles. The minimum atomic E-state index is -0.110. The average molecular weight is 409 g/mol. The van der Waals surface area contributed by atoms with Gasteiger partial charge < -0.3 is 24.6 Å². The molecule has 7 heteroatoms. The van der Waals surface area contributed by atoms with E-state index in [1.54, 1.807) is 13.3 Å². The molecular formula is C22H24N4O2S. The lowest BCUT2D eigenvalue weighted by Gasteiger charge is -2.28. The van der Waals surface area contributed by atoms with Crippen LogP contribution in [0, 0.1) is 6.92 Å². The van der Waals surface area contributed by atoms with Gasteiger partial charge in [0.05, 0.1) is 31.5 Å². The number of aliphatic hydroxyl groups excluding tert-OH is 1. The molecule has 0 bridgehead atoms. The normalized spacial score (nSPS) is 18.7. The zero-order valence-electron chi connectivity index (χ0n) is 16.4. The van der Waals surface area contributed by atoms with Crippen LogP contribution in [0.15, 0.2) is 60.8 Å². The molecule has 29 heavy (non-hydrogen) atoms. The van der Waals surface area contributed by atoms with Crippen LogP contribution >= 0.6 is 12.2 Å². The molecule has 1 aromatic carbocycles. The number of benzene rings is 1. The molecule has 150 valence electrons. The molecule has 3 aromatic rings. The summed E-state index contributed by atoms with van der Waals surface area (Å²) in [5.41, 5.74) is 4.17. The zero-order valence-corrected chi connectivity index (χ0v) is 17.3. The quantitative estimate of drug-likeness (QED) is 0.611. The van der Waals surface area contributed by atoms with Gasteiger partial charge in [0.25, 0.3) is 0 Å². The van der Waals surface area contributed by atoms with Gasteiger partial charge in [-0.3, -0.25) is 4.98 Å². The highest BCUT2D eigenvalue weighted by atomic mass is 32.1. The maximum absolute atomic E-state index is 9.65. The fraction of sp³-hybridized carbons (Fsp3) is 0.273. The fourth-order valence-corrected chi connectivity index (χ4v) is 4.28. The number of β-amino-alcohol motifs (C(OH)–C–C–N with tert-alkyl or cyclic N) is 1.